The van der Waals surface area contributed by atoms with Crippen molar-refractivity contribution >= 4 is 8.32 Å². The molecule has 1 aliphatic rings. The van der Waals surface area contributed by atoms with Crippen LogP contribution >= 0.6 is 0 Å². The van der Waals surface area contributed by atoms with Crippen LogP contribution in [0.3, 0.4) is 0 Å². The van der Waals surface area contributed by atoms with E-state index in [0.29, 0.717) is 0 Å². The molecule has 0 spiro atoms. The number of hydrogen-bond donors (Lipinski definition) is 0. The zero-order valence-corrected chi connectivity index (χ0v) is 12.0. The minimum atomic E-state index is -1.39. The fourth-order valence-corrected chi connectivity index (χ4v) is 4.12. The fraction of sp³-hybridized carbons (Fsp3) is 0.846. The Kier molecular flexibility index (Phi) is 4.18. The molecule has 0 heterocycles. The van der Waals surface area contributed by atoms with Gasteiger partial charge in [0, 0.05) is 0 Å². The first-order valence-corrected chi connectivity index (χ1v) is 9.57. The molecule has 1 unspecified atom stereocenters. The average molecular weight is 226 g/mol. The van der Waals surface area contributed by atoms with Crippen LogP contribution in [0.1, 0.15) is 46.0 Å². The Morgan fingerprint density at radius 3 is 2.53 bits per heavy atom. The summed E-state index contributed by atoms with van der Waals surface area (Å²) in [4.78, 5) is 0. The van der Waals surface area contributed by atoms with Crippen molar-refractivity contribution in [3.05, 3.63) is 11.6 Å². The zero-order chi connectivity index (χ0) is 11.5. The Morgan fingerprint density at radius 2 is 1.93 bits per heavy atom. The van der Waals surface area contributed by atoms with Crippen molar-refractivity contribution in [2.24, 2.45) is 0 Å². The molecule has 15 heavy (non-hydrogen) atoms. The second kappa shape index (κ2) is 4.83. The summed E-state index contributed by atoms with van der Waals surface area (Å²) >= 11 is 0. The maximum Gasteiger partial charge on any atom is 0.184 e. The van der Waals surface area contributed by atoms with Crippen molar-refractivity contribution in [2.45, 2.75) is 71.2 Å². The van der Waals surface area contributed by atoms with Gasteiger partial charge in [0.15, 0.2) is 8.32 Å². The van der Waals surface area contributed by atoms with Crippen LogP contribution in [-0.2, 0) is 4.43 Å². The third kappa shape index (κ3) is 4.98. The van der Waals surface area contributed by atoms with E-state index in [4.69, 9.17) is 4.43 Å². The van der Waals surface area contributed by atoms with Gasteiger partial charge in [-0.2, -0.15) is 0 Å². The van der Waals surface area contributed by atoms with Crippen molar-refractivity contribution < 1.29 is 4.43 Å². The average Bonchev–Trinajstić information content (AvgIpc) is 1.97. The highest BCUT2D eigenvalue weighted by Gasteiger charge is 2.31. The second-order valence-corrected chi connectivity index (χ2v) is 10.5. The molecule has 1 atom stereocenters. The number of hydrogen-bond acceptors (Lipinski definition) is 1. The summed E-state index contributed by atoms with van der Waals surface area (Å²) in [6.45, 7) is 11.4. The highest BCUT2D eigenvalue weighted by atomic mass is 28.4. The molecule has 88 valence electrons. The summed E-state index contributed by atoms with van der Waals surface area (Å²) in [5.74, 6) is 0. The molecule has 0 N–H and O–H groups in total. The molecule has 0 bridgehead atoms. The summed E-state index contributed by atoms with van der Waals surface area (Å²) in [5, 5.41) is 0. The van der Waals surface area contributed by atoms with Gasteiger partial charge in [0.1, 0.15) is 0 Å². The van der Waals surface area contributed by atoms with Gasteiger partial charge in [-0.05, 0) is 65.6 Å². The molecule has 1 nitrogen and oxygen atoms in total. The summed E-state index contributed by atoms with van der Waals surface area (Å²) in [6.07, 6.45) is 8.53. The Hall–Kier alpha value is -0.0831. The van der Waals surface area contributed by atoms with Gasteiger partial charge in [-0.15, -0.1) is 0 Å². The summed E-state index contributed by atoms with van der Waals surface area (Å²) in [5.41, 5.74) is 1.70. The molecule has 0 saturated heterocycles. The largest absolute Gasteiger partial charge is 0.412 e. The first-order chi connectivity index (χ1) is 6.81. The topological polar surface area (TPSA) is 9.23 Å². The van der Waals surface area contributed by atoms with E-state index in [2.05, 4.69) is 39.6 Å². The highest BCUT2D eigenvalue weighted by molar-refractivity contribution is 6.69. The van der Waals surface area contributed by atoms with Crippen molar-refractivity contribution in [1.29, 1.82) is 0 Å². The molecule has 1 aliphatic carbocycles. The van der Waals surface area contributed by atoms with Crippen molar-refractivity contribution in [1.82, 2.24) is 0 Å². The van der Waals surface area contributed by atoms with Gasteiger partial charge in [0.05, 0.1) is 5.60 Å². The van der Waals surface area contributed by atoms with Crippen LogP contribution in [0.4, 0.5) is 0 Å². The third-order valence-electron chi connectivity index (χ3n) is 3.00. The maximum absolute atomic E-state index is 6.35. The lowest BCUT2D eigenvalue weighted by Gasteiger charge is -2.37. The van der Waals surface area contributed by atoms with E-state index in [9.17, 15) is 0 Å². The minimum Gasteiger partial charge on any atom is -0.412 e. The van der Waals surface area contributed by atoms with Gasteiger partial charge in [0.25, 0.3) is 0 Å². The monoisotopic (exact) mass is 226 g/mol. The smallest absolute Gasteiger partial charge is 0.184 e. The van der Waals surface area contributed by atoms with Gasteiger partial charge in [0.2, 0.25) is 0 Å². The first kappa shape index (κ1) is 13.0. The SMILES string of the molecule is CC1=CCCC(C)(O[Si](C)(C)C)CCC1. The zero-order valence-electron chi connectivity index (χ0n) is 11.0. The van der Waals surface area contributed by atoms with Crippen molar-refractivity contribution in [3.8, 4) is 0 Å². The molecule has 0 aliphatic heterocycles. The molecule has 0 radical (unpaired) electrons. The van der Waals surface area contributed by atoms with E-state index in [1.165, 1.54) is 32.1 Å². The van der Waals surface area contributed by atoms with Crippen LogP contribution < -0.4 is 0 Å². The van der Waals surface area contributed by atoms with Crippen LogP contribution in [0.25, 0.3) is 0 Å². The van der Waals surface area contributed by atoms with E-state index in [1.54, 1.807) is 5.57 Å². The van der Waals surface area contributed by atoms with Gasteiger partial charge < -0.3 is 4.43 Å². The number of allylic oxidation sites excluding steroid dienone is 2. The van der Waals surface area contributed by atoms with Crippen LogP contribution in [0.2, 0.25) is 19.6 Å². The summed E-state index contributed by atoms with van der Waals surface area (Å²) in [7, 11) is -1.39. The Bertz CT molecular complexity index is 239. The summed E-state index contributed by atoms with van der Waals surface area (Å²) < 4.78 is 6.35. The molecule has 0 aromatic carbocycles. The lowest BCUT2D eigenvalue weighted by molar-refractivity contribution is 0.0594. The molecule has 0 aromatic rings. The predicted molar refractivity (Wildman–Crippen MR) is 69.7 cm³/mol. The molecule has 0 fully saturated rings. The van der Waals surface area contributed by atoms with Gasteiger partial charge in [-0.25, -0.2) is 0 Å². The van der Waals surface area contributed by atoms with Crippen molar-refractivity contribution in [3.63, 3.8) is 0 Å². The van der Waals surface area contributed by atoms with Gasteiger partial charge >= 0.3 is 0 Å². The second-order valence-electron chi connectivity index (χ2n) is 6.11. The lowest BCUT2D eigenvalue weighted by Crippen LogP contribution is -2.40. The quantitative estimate of drug-likeness (QED) is 0.497. The standard InChI is InChI=1S/C13H26OSi/c1-12-8-6-10-13(2,11-7-9-12)14-15(3,4)5/h8H,6-7,9-11H2,1-5H3. The lowest BCUT2D eigenvalue weighted by atomic mass is 9.89. The maximum atomic E-state index is 6.35. The Morgan fingerprint density at radius 1 is 1.27 bits per heavy atom. The van der Waals surface area contributed by atoms with Gasteiger partial charge in [-0.1, -0.05) is 11.6 Å². The van der Waals surface area contributed by atoms with E-state index in [1.807, 2.05) is 0 Å². The van der Waals surface area contributed by atoms with E-state index >= 15 is 0 Å². The molecular weight excluding hydrogens is 200 g/mol. The minimum absolute atomic E-state index is 0.141. The van der Waals surface area contributed by atoms with Crippen LogP contribution in [-0.4, -0.2) is 13.9 Å². The molecule has 2 heteroatoms. The summed E-state index contributed by atoms with van der Waals surface area (Å²) in [6, 6.07) is 0. The van der Waals surface area contributed by atoms with Crippen LogP contribution in [0.5, 0.6) is 0 Å². The van der Waals surface area contributed by atoms with E-state index < -0.39 is 8.32 Å². The van der Waals surface area contributed by atoms with Crippen molar-refractivity contribution in [2.75, 3.05) is 0 Å². The first-order valence-electron chi connectivity index (χ1n) is 6.17. The predicted octanol–water partition coefficient (Wildman–Crippen LogP) is 4.51. The molecule has 0 amide bonds. The normalized spacial score (nSPS) is 29.3. The van der Waals surface area contributed by atoms with E-state index in [-0.39, 0.29) is 5.60 Å². The molecule has 0 aromatic heterocycles. The fourth-order valence-electron chi connectivity index (χ4n) is 2.43. The third-order valence-corrected chi connectivity index (χ3v) is 4.10. The van der Waals surface area contributed by atoms with Crippen LogP contribution in [0, 0.1) is 0 Å². The highest BCUT2D eigenvalue weighted by Crippen LogP contribution is 2.31. The Balaban J connectivity index is 2.61. The molecular formula is C13H26OSi. The van der Waals surface area contributed by atoms with Gasteiger partial charge in [-0.3, -0.25) is 0 Å². The molecule has 1 rings (SSSR count). The Labute approximate surface area is 96.0 Å². The number of rotatable bonds is 2. The van der Waals surface area contributed by atoms with Crippen LogP contribution in [0.15, 0.2) is 11.6 Å². The molecule has 0 saturated carbocycles. The van der Waals surface area contributed by atoms with E-state index in [0.717, 1.165) is 0 Å².